The van der Waals surface area contributed by atoms with E-state index in [1.165, 1.54) is 17.8 Å². The molecule has 0 radical (unpaired) electrons. The van der Waals surface area contributed by atoms with E-state index in [2.05, 4.69) is 24.0 Å². The van der Waals surface area contributed by atoms with Gasteiger partial charge in [-0.1, -0.05) is 37.7 Å². The van der Waals surface area contributed by atoms with Gasteiger partial charge < -0.3 is 14.2 Å². The van der Waals surface area contributed by atoms with Crippen LogP contribution in [0.25, 0.3) is 11.4 Å². The van der Waals surface area contributed by atoms with Gasteiger partial charge in [-0.25, -0.2) is 4.39 Å². The van der Waals surface area contributed by atoms with Gasteiger partial charge in [-0.05, 0) is 25.0 Å². The number of morpholine rings is 1. The van der Waals surface area contributed by atoms with Gasteiger partial charge in [-0.3, -0.25) is 4.79 Å². The molecule has 8 heteroatoms. The van der Waals surface area contributed by atoms with Crippen molar-refractivity contribution in [2.75, 3.05) is 26.3 Å². The highest BCUT2D eigenvalue weighted by molar-refractivity contribution is 8.00. The number of carbonyl (C=O) groups excluding carboxylic acids is 1. The van der Waals surface area contributed by atoms with Crippen LogP contribution in [0.5, 0.6) is 0 Å². The number of benzene rings is 1. The van der Waals surface area contributed by atoms with Crippen molar-refractivity contribution in [3.8, 4) is 11.4 Å². The second kappa shape index (κ2) is 8.84. The lowest BCUT2D eigenvalue weighted by Crippen LogP contribution is -2.44. The Morgan fingerprint density at radius 3 is 2.59 bits per heavy atom. The molecule has 3 rings (SSSR count). The summed E-state index contributed by atoms with van der Waals surface area (Å²) in [7, 11) is 0. The van der Waals surface area contributed by atoms with Gasteiger partial charge in [0.25, 0.3) is 0 Å². The number of aromatic nitrogens is 3. The van der Waals surface area contributed by atoms with Crippen LogP contribution in [0.15, 0.2) is 29.4 Å². The highest BCUT2D eigenvalue weighted by atomic mass is 32.2. The van der Waals surface area contributed by atoms with Crippen molar-refractivity contribution in [3.63, 3.8) is 0 Å². The van der Waals surface area contributed by atoms with Gasteiger partial charge in [0.1, 0.15) is 5.82 Å². The maximum absolute atomic E-state index is 14.3. The molecule has 1 aliphatic rings. The van der Waals surface area contributed by atoms with Crippen molar-refractivity contribution in [2.45, 2.75) is 37.7 Å². The first-order valence-electron chi connectivity index (χ1n) is 9.18. The monoisotopic (exact) mass is 392 g/mol. The van der Waals surface area contributed by atoms with Crippen LogP contribution in [0.4, 0.5) is 4.39 Å². The van der Waals surface area contributed by atoms with Crippen molar-refractivity contribution in [1.82, 2.24) is 19.7 Å². The standard InChI is InChI=1S/C19H25FN4O2S/c1-13(2)12-24-17(15-6-4-5-7-16(15)20)21-22-19(24)27-14(3)18(25)23-8-10-26-11-9-23/h4-7,13-14H,8-12H2,1-3H3. The zero-order valence-electron chi connectivity index (χ0n) is 15.9. The number of ether oxygens (including phenoxy) is 1. The largest absolute Gasteiger partial charge is 0.378 e. The molecule has 1 aromatic heterocycles. The fraction of sp³-hybridized carbons (Fsp3) is 0.526. The lowest BCUT2D eigenvalue weighted by Gasteiger charge is -2.29. The zero-order valence-corrected chi connectivity index (χ0v) is 16.7. The van der Waals surface area contributed by atoms with Gasteiger partial charge >= 0.3 is 0 Å². The summed E-state index contributed by atoms with van der Waals surface area (Å²) in [5.41, 5.74) is 0.421. The maximum Gasteiger partial charge on any atom is 0.236 e. The fourth-order valence-electron chi connectivity index (χ4n) is 3.00. The second-order valence-corrected chi connectivity index (χ2v) is 8.30. The highest BCUT2D eigenvalue weighted by Crippen LogP contribution is 2.29. The third kappa shape index (κ3) is 4.68. The predicted molar refractivity (Wildman–Crippen MR) is 103 cm³/mol. The third-order valence-corrected chi connectivity index (χ3v) is 5.40. The van der Waals surface area contributed by atoms with Gasteiger partial charge in [-0.15, -0.1) is 10.2 Å². The molecule has 1 aliphatic heterocycles. The minimum atomic E-state index is -0.330. The lowest BCUT2D eigenvalue weighted by molar-refractivity contribution is -0.134. The summed E-state index contributed by atoms with van der Waals surface area (Å²) >= 11 is 1.37. The second-order valence-electron chi connectivity index (χ2n) is 6.99. The Morgan fingerprint density at radius 2 is 1.93 bits per heavy atom. The summed E-state index contributed by atoms with van der Waals surface area (Å²) in [4.78, 5) is 14.5. The molecule has 146 valence electrons. The van der Waals surface area contributed by atoms with E-state index >= 15 is 0 Å². The molecule has 6 nitrogen and oxygen atoms in total. The molecule has 2 aromatic rings. The molecule has 0 N–H and O–H groups in total. The number of rotatable bonds is 6. The summed E-state index contributed by atoms with van der Waals surface area (Å²) < 4.78 is 21.5. The summed E-state index contributed by atoms with van der Waals surface area (Å²) in [6, 6.07) is 6.55. The Morgan fingerprint density at radius 1 is 1.22 bits per heavy atom. The first-order valence-corrected chi connectivity index (χ1v) is 10.1. The quantitative estimate of drug-likeness (QED) is 0.707. The molecule has 1 aromatic carbocycles. The normalized spacial score (nSPS) is 16.0. The van der Waals surface area contributed by atoms with Crippen molar-refractivity contribution in [2.24, 2.45) is 5.92 Å². The molecular weight excluding hydrogens is 367 g/mol. The number of carbonyl (C=O) groups is 1. The molecule has 1 saturated heterocycles. The van der Waals surface area contributed by atoms with E-state index in [1.54, 1.807) is 18.2 Å². The number of hydrogen-bond donors (Lipinski definition) is 0. The van der Waals surface area contributed by atoms with Crippen molar-refractivity contribution in [3.05, 3.63) is 30.1 Å². The van der Waals surface area contributed by atoms with Gasteiger partial charge in [0.15, 0.2) is 11.0 Å². The van der Waals surface area contributed by atoms with Crippen molar-refractivity contribution in [1.29, 1.82) is 0 Å². The van der Waals surface area contributed by atoms with Crippen molar-refractivity contribution >= 4 is 17.7 Å². The van der Waals surface area contributed by atoms with Crippen LogP contribution in [0.1, 0.15) is 20.8 Å². The molecule has 1 amide bonds. The van der Waals surface area contributed by atoms with E-state index < -0.39 is 0 Å². The Labute approximate surface area is 163 Å². The summed E-state index contributed by atoms with van der Waals surface area (Å²) in [6.45, 7) is 9.07. The average molecular weight is 393 g/mol. The first kappa shape index (κ1) is 19.8. The summed E-state index contributed by atoms with van der Waals surface area (Å²) in [5, 5.41) is 8.84. The average Bonchev–Trinajstić information content (AvgIpc) is 3.03. The van der Waals surface area contributed by atoms with E-state index in [1.807, 2.05) is 16.4 Å². The van der Waals surface area contributed by atoms with Crippen LogP contribution >= 0.6 is 11.8 Å². The molecule has 1 fully saturated rings. The number of nitrogens with zero attached hydrogens (tertiary/aromatic N) is 4. The molecule has 1 unspecified atom stereocenters. The molecule has 1 atom stereocenters. The van der Waals surface area contributed by atoms with Crippen LogP contribution in [0, 0.1) is 11.7 Å². The van der Waals surface area contributed by atoms with Crippen LogP contribution in [0.2, 0.25) is 0 Å². The Balaban J connectivity index is 1.84. The summed E-state index contributed by atoms with van der Waals surface area (Å²) in [5.74, 6) is 0.560. The van der Waals surface area contributed by atoms with Gasteiger partial charge in [0, 0.05) is 19.6 Å². The fourth-order valence-corrected chi connectivity index (χ4v) is 3.94. The molecule has 0 saturated carbocycles. The third-order valence-electron chi connectivity index (χ3n) is 4.33. The molecule has 0 spiro atoms. The zero-order chi connectivity index (χ0) is 19.4. The lowest BCUT2D eigenvalue weighted by atomic mass is 10.2. The van der Waals surface area contributed by atoms with Gasteiger partial charge in [-0.2, -0.15) is 0 Å². The Kier molecular flexibility index (Phi) is 6.49. The van der Waals surface area contributed by atoms with E-state index in [0.29, 0.717) is 55.3 Å². The van der Waals surface area contributed by atoms with E-state index in [-0.39, 0.29) is 17.0 Å². The van der Waals surface area contributed by atoms with E-state index in [4.69, 9.17) is 4.74 Å². The number of hydrogen-bond acceptors (Lipinski definition) is 5. The number of halogens is 1. The van der Waals surface area contributed by atoms with E-state index in [0.717, 1.165) is 0 Å². The molecule has 2 heterocycles. The molecular formula is C19H25FN4O2S. The number of thioether (sulfide) groups is 1. The molecule has 0 aliphatic carbocycles. The van der Waals surface area contributed by atoms with Gasteiger partial charge in [0.05, 0.1) is 24.0 Å². The smallest absolute Gasteiger partial charge is 0.236 e. The van der Waals surface area contributed by atoms with Crippen LogP contribution in [-0.4, -0.2) is 57.1 Å². The minimum Gasteiger partial charge on any atom is -0.378 e. The molecule has 27 heavy (non-hydrogen) atoms. The highest BCUT2D eigenvalue weighted by Gasteiger charge is 2.26. The minimum absolute atomic E-state index is 0.0647. The Hall–Kier alpha value is -1.93. The van der Waals surface area contributed by atoms with Crippen LogP contribution in [-0.2, 0) is 16.1 Å². The summed E-state index contributed by atoms with van der Waals surface area (Å²) in [6.07, 6.45) is 0. The maximum atomic E-state index is 14.3. The van der Waals surface area contributed by atoms with Crippen LogP contribution < -0.4 is 0 Å². The first-order chi connectivity index (χ1) is 13.0. The van der Waals surface area contributed by atoms with Gasteiger partial charge in [0.2, 0.25) is 5.91 Å². The SMILES string of the molecule is CC(C)Cn1c(SC(C)C(=O)N2CCOCC2)nnc1-c1ccccc1F. The van der Waals surface area contributed by atoms with Crippen molar-refractivity contribution < 1.29 is 13.9 Å². The predicted octanol–water partition coefficient (Wildman–Crippen LogP) is 3.08. The topological polar surface area (TPSA) is 60.2 Å². The number of amides is 1. The Bertz CT molecular complexity index is 790. The molecule has 0 bridgehead atoms. The van der Waals surface area contributed by atoms with E-state index in [9.17, 15) is 9.18 Å². The van der Waals surface area contributed by atoms with Crippen LogP contribution in [0.3, 0.4) is 0 Å².